The standard InChI is InChI=1S/C36H39N3O13S2/c1-23-19-25(35(42)52-38-31(40)13-14-32(38)41)20-24(2)34(23)51-36(43)33-27-9-5-6-10-29(27)37(15-7-17-53(44,45)46)30-12-11-26(21-28(30)33)50-22-39(3,4)16-8-18-54(47,48)49/h5-6,9-12,19-21H,7-8,13-18,22H2,1-4H3. The van der Waals surface area contributed by atoms with Crippen molar-refractivity contribution in [3.63, 3.8) is 0 Å². The number of fused-ring (bicyclic) bond motifs is 2. The van der Waals surface area contributed by atoms with Crippen LogP contribution in [0, 0.1) is 13.8 Å². The molecule has 1 aliphatic heterocycles. The topological polar surface area (TPSA) is 217 Å². The molecule has 0 radical (unpaired) electrons. The number of carbonyl (C=O) groups excluding carboxylic acids is 4. The van der Waals surface area contributed by atoms with Crippen molar-refractivity contribution < 1.29 is 68.5 Å². The second-order valence-corrected chi connectivity index (χ2v) is 16.7. The van der Waals surface area contributed by atoms with E-state index in [1.807, 2.05) is 0 Å². The lowest BCUT2D eigenvalue weighted by molar-refractivity contribution is -0.905. The maximum atomic E-state index is 14.3. The SMILES string of the molecule is Cc1cc(C(=O)ON2C(=O)CCC2=O)cc(C)c1OC(=O)c1c2ccccc2[n+](CCCS(=O)(=O)[O-])c2ccc(OC[N+](C)(C)CCCS(=O)(=O)[O-])cc12. The van der Waals surface area contributed by atoms with Crippen LogP contribution in [0.15, 0.2) is 54.6 Å². The molecule has 288 valence electrons. The highest BCUT2D eigenvalue weighted by atomic mass is 32.2. The number of benzene rings is 3. The number of aryl methyl sites for hydroxylation is 3. The largest absolute Gasteiger partial charge is 0.748 e. The molecule has 0 atom stereocenters. The number of quaternary nitrogens is 1. The van der Waals surface area contributed by atoms with Crippen LogP contribution in [0.3, 0.4) is 0 Å². The molecule has 5 rings (SSSR count). The van der Waals surface area contributed by atoms with Crippen LogP contribution in [0.25, 0.3) is 21.8 Å². The van der Waals surface area contributed by atoms with E-state index >= 15 is 0 Å². The van der Waals surface area contributed by atoms with Crippen LogP contribution in [0.1, 0.15) is 57.5 Å². The Hall–Kier alpha value is -5.01. The zero-order valence-electron chi connectivity index (χ0n) is 30.0. The zero-order valence-corrected chi connectivity index (χ0v) is 31.7. The molecule has 2 heterocycles. The molecule has 18 heteroatoms. The fraction of sp³-hybridized carbons (Fsp3) is 0.361. The van der Waals surface area contributed by atoms with E-state index in [2.05, 4.69) is 0 Å². The van der Waals surface area contributed by atoms with Crippen molar-refractivity contribution in [2.75, 3.05) is 38.9 Å². The number of imide groups is 1. The summed E-state index contributed by atoms with van der Waals surface area (Å²) in [5.41, 5.74) is 1.97. The van der Waals surface area contributed by atoms with Crippen LogP contribution in [0.5, 0.6) is 11.5 Å². The van der Waals surface area contributed by atoms with Gasteiger partial charge in [0.25, 0.3) is 11.8 Å². The Morgan fingerprint density at radius 1 is 0.815 bits per heavy atom. The molecule has 0 aliphatic carbocycles. The molecule has 3 aromatic carbocycles. The van der Waals surface area contributed by atoms with E-state index in [1.165, 1.54) is 12.1 Å². The van der Waals surface area contributed by atoms with E-state index in [0.29, 0.717) is 50.3 Å². The summed E-state index contributed by atoms with van der Waals surface area (Å²) in [6.07, 6.45) is -0.00544. The van der Waals surface area contributed by atoms with E-state index in [1.54, 1.807) is 75.0 Å². The van der Waals surface area contributed by atoms with Crippen molar-refractivity contribution in [3.8, 4) is 11.5 Å². The van der Waals surface area contributed by atoms with Gasteiger partial charge in [0.05, 0.1) is 62.8 Å². The fourth-order valence-corrected chi connectivity index (χ4v) is 7.21. The Labute approximate surface area is 311 Å². The highest BCUT2D eigenvalue weighted by Crippen LogP contribution is 2.32. The van der Waals surface area contributed by atoms with Crippen LogP contribution < -0.4 is 14.0 Å². The van der Waals surface area contributed by atoms with Crippen molar-refractivity contribution >= 4 is 65.8 Å². The molecule has 54 heavy (non-hydrogen) atoms. The number of nitrogens with zero attached hydrogens (tertiary/aromatic N) is 3. The van der Waals surface area contributed by atoms with Gasteiger partial charge in [0.1, 0.15) is 11.5 Å². The number of hydrogen-bond donors (Lipinski definition) is 0. The quantitative estimate of drug-likeness (QED) is 0.0248. The summed E-state index contributed by atoms with van der Waals surface area (Å²) in [4.78, 5) is 56.1. The Morgan fingerprint density at radius 2 is 1.41 bits per heavy atom. The normalized spacial score (nSPS) is 13.9. The number of carbonyl (C=O) groups is 4. The van der Waals surface area contributed by atoms with E-state index in [0.717, 1.165) is 0 Å². The predicted molar refractivity (Wildman–Crippen MR) is 190 cm³/mol. The number of aromatic nitrogens is 1. The molecule has 0 saturated carbocycles. The summed E-state index contributed by atoms with van der Waals surface area (Å²) in [5.74, 6) is -3.60. The molecule has 0 N–H and O–H groups in total. The van der Waals surface area contributed by atoms with Gasteiger partial charge in [-0.3, -0.25) is 14.1 Å². The Kier molecular flexibility index (Phi) is 11.7. The number of ether oxygens (including phenoxy) is 2. The minimum atomic E-state index is -4.50. The third-order valence-electron chi connectivity index (χ3n) is 8.78. The van der Waals surface area contributed by atoms with Crippen molar-refractivity contribution in [3.05, 3.63) is 76.9 Å². The number of para-hydroxylation sites is 1. The average molecular weight is 786 g/mol. The fourth-order valence-electron chi connectivity index (χ4n) is 6.25. The number of rotatable bonds is 15. The smallest absolute Gasteiger partial charge is 0.363 e. The van der Waals surface area contributed by atoms with E-state index < -0.39 is 55.5 Å². The summed E-state index contributed by atoms with van der Waals surface area (Å²) in [6.45, 7) is 3.73. The Bertz CT molecular complexity index is 2350. The zero-order chi connectivity index (χ0) is 39.6. The van der Waals surface area contributed by atoms with Crippen molar-refractivity contribution in [1.82, 2.24) is 5.06 Å². The molecule has 16 nitrogen and oxygen atoms in total. The molecule has 1 aliphatic rings. The lowest BCUT2D eigenvalue weighted by atomic mass is 10.0. The van der Waals surface area contributed by atoms with Crippen LogP contribution in [-0.4, -0.2) is 98.1 Å². The third-order valence-corrected chi connectivity index (χ3v) is 10.4. The third kappa shape index (κ3) is 9.74. The average Bonchev–Trinajstić information content (AvgIpc) is 3.39. The second kappa shape index (κ2) is 15.8. The highest BCUT2D eigenvalue weighted by Gasteiger charge is 2.34. The summed E-state index contributed by atoms with van der Waals surface area (Å²) in [6, 6.07) is 14.7. The van der Waals surface area contributed by atoms with Gasteiger partial charge in [0.15, 0.2) is 6.54 Å². The van der Waals surface area contributed by atoms with Gasteiger partial charge in [-0.1, -0.05) is 12.1 Å². The minimum absolute atomic E-state index is 0.00432. The van der Waals surface area contributed by atoms with Gasteiger partial charge in [-0.25, -0.2) is 26.4 Å². The molecule has 0 spiro atoms. The van der Waals surface area contributed by atoms with E-state index in [4.69, 9.17) is 14.3 Å². The van der Waals surface area contributed by atoms with Crippen LogP contribution >= 0.6 is 0 Å². The number of amides is 2. The van der Waals surface area contributed by atoms with Gasteiger partial charge in [-0.15, -0.1) is 5.06 Å². The lowest BCUT2D eigenvalue weighted by Crippen LogP contribution is -2.44. The first kappa shape index (κ1) is 40.2. The van der Waals surface area contributed by atoms with Gasteiger partial charge in [0.2, 0.25) is 17.8 Å². The van der Waals surface area contributed by atoms with Gasteiger partial charge in [0, 0.05) is 49.3 Å². The number of hydrogen-bond acceptors (Lipinski definition) is 13. The summed E-state index contributed by atoms with van der Waals surface area (Å²) < 4.78 is 81.8. The first-order valence-corrected chi connectivity index (χ1v) is 20.0. The van der Waals surface area contributed by atoms with Crippen LogP contribution in [0.4, 0.5) is 0 Å². The number of pyridine rings is 1. The van der Waals surface area contributed by atoms with Gasteiger partial charge in [-0.2, -0.15) is 4.57 Å². The highest BCUT2D eigenvalue weighted by molar-refractivity contribution is 7.85. The first-order valence-electron chi connectivity index (χ1n) is 16.8. The van der Waals surface area contributed by atoms with Gasteiger partial charge < -0.3 is 23.4 Å². The number of hydroxylamine groups is 2. The predicted octanol–water partition coefficient (Wildman–Crippen LogP) is 2.62. The Morgan fingerprint density at radius 3 is 2.04 bits per heavy atom. The molecular formula is C36H39N3O13S2. The van der Waals surface area contributed by atoms with Crippen LogP contribution in [0.2, 0.25) is 0 Å². The number of esters is 1. The van der Waals surface area contributed by atoms with Gasteiger partial charge >= 0.3 is 11.9 Å². The van der Waals surface area contributed by atoms with E-state index in [-0.39, 0.29) is 60.3 Å². The molecule has 1 fully saturated rings. The molecule has 1 aromatic heterocycles. The van der Waals surface area contributed by atoms with Crippen LogP contribution in [-0.2, 0) is 41.2 Å². The molecule has 4 aromatic rings. The monoisotopic (exact) mass is 785 g/mol. The maximum absolute atomic E-state index is 14.3. The summed E-state index contributed by atoms with van der Waals surface area (Å²) in [5, 5.41) is 1.26. The first-order chi connectivity index (χ1) is 25.2. The maximum Gasteiger partial charge on any atom is 0.363 e. The molecular weight excluding hydrogens is 747 g/mol. The van der Waals surface area contributed by atoms with E-state index in [9.17, 15) is 45.1 Å². The lowest BCUT2D eigenvalue weighted by Gasteiger charge is -2.29. The molecule has 0 bridgehead atoms. The van der Waals surface area contributed by atoms with Crippen molar-refractivity contribution in [2.24, 2.45) is 0 Å². The Balaban J connectivity index is 1.52. The molecule has 2 amide bonds. The van der Waals surface area contributed by atoms with Crippen molar-refractivity contribution in [1.29, 1.82) is 0 Å². The summed E-state index contributed by atoms with van der Waals surface area (Å²) in [7, 11) is -5.27. The van der Waals surface area contributed by atoms with Crippen molar-refractivity contribution in [2.45, 2.75) is 46.1 Å². The molecule has 1 saturated heterocycles. The minimum Gasteiger partial charge on any atom is -0.748 e. The van der Waals surface area contributed by atoms with Gasteiger partial charge in [-0.05, 0) is 55.3 Å². The molecule has 0 unspecified atom stereocenters. The second-order valence-electron chi connectivity index (χ2n) is 13.7. The summed E-state index contributed by atoms with van der Waals surface area (Å²) >= 11 is 0.